The number of hydrogen-bond acceptors (Lipinski definition) is 26. The first-order chi connectivity index (χ1) is 57.2. The van der Waals surface area contributed by atoms with Crippen LogP contribution in [-0.4, -0.2) is 298 Å². The lowest BCUT2D eigenvalue weighted by Crippen LogP contribution is -2.60. The number of likely N-dealkylation sites (tertiary alicyclic amines) is 1. The van der Waals surface area contributed by atoms with Crippen LogP contribution in [0.15, 0.2) is 24.3 Å². The molecular weight excluding hydrogens is 1630 g/mol. The van der Waals surface area contributed by atoms with Crippen molar-refractivity contribution in [3.63, 3.8) is 0 Å². The molecule has 0 spiro atoms. The highest BCUT2D eigenvalue weighted by Crippen LogP contribution is 2.20. The molecule has 0 radical (unpaired) electrons. The molecule has 1 aliphatic heterocycles. The van der Waals surface area contributed by atoms with Gasteiger partial charge in [0, 0.05) is 82.9 Å². The van der Waals surface area contributed by atoms with E-state index in [9.17, 15) is 156 Å². The van der Waals surface area contributed by atoms with Crippen molar-refractivity contribution < 1.29 is 166 Å². The van der Waals surface area contributed by atoms with Crippen LogP contribution in [0.4, 0.5) is 0 Å². The number of benzene rings is 1. The smallest absolute Gasteiger partial charge is 0.303 e. The van der Waals surface area contributed by atoms with Gasteiger partial charge < -0.3 is 125 Å². The fourth-order valence-corrected chi connectivity index (χ4v) is 11.7. The quantitative estimate of drug-likeness (QED) is 0.0213. The molecule has 122 heavy (non-hydrogen) atoms. The standard InChI is InChI=1S/C74H106N14O34/c1-36(2)32-50(65(112)77-34-37(3)89)87-74(121)52-6-5-30-88(52)53(91)35-122-31-29-76-64(111)51(33-39-7-9-40(10-8-39)38(4)90)86-73(120)49(19-28-62(108)109)85-72(119)48(18-27-61(106)107)84-71(118)47(17-26-60(104)105)83-70(117)46(16-25-59(102)103)82-69(116)45(15-24-58(100)101)81-68(115)44(14-23-57(98)99)80-67(114)43(13-22-56(96)97)79-66(113)42(12-21-55(94)95)78-63(110)41(75)11-20-54(92)93/h7-10,36,41-52H,5-6,11-35,75H2,1-4H3,(H,76,111)(H,77,112)(H,78,110)(H,79,113)(H,80,114)(H,81,115)(H,82,116)(H,83,117)(H,84,118)(H,85,119)(H,86,120)(H,87,121)(H,92,93)(H,94,95)(H,96,97)(H,98,99)(H,100,101)(H,102,103)(H,104,105)(H,106,107)(H,108,109)/t41-,42-,43-,44-,45-,46-,47-,48-,49-,50+,51+,52+/m1/s1. The van der Waals surface area contributed by atoms with E-state index in [-0.39, 0.29) is 68.6 Å². The summed E-state index contributed by atoms with van der Waals surface area (Å²) in [7, 11) is 0. The Morgan fingerprint density at radius 1 is 0.385 bits per heavy atom. The normalized spacial score (nSPS) is 14.9. The van der Waals surface area contributed by atoms with E-state index in [0.29, 0.717) is 12.0 Å². The van der Waals surface area contributed by atoms with Gasteiger partial charge in [0.15, 0.2) is 5.78 Å². The van der Waals surface area contributed by atoms with Crippen molar-refractivity contribution in [2.75, 3.05) is 32.8 Å². The topological polar surface area (TPSA) is 775 Å². The number of ether oxygens (including phenoxy) is 1. The highest BCUT2D eigenvalue weighted by Gasteiger charge is 2.40. The van der Waals surface area contributed by atoms with Gasteiger partial charge in [-0.2, -0.15) is 0 Å². The van der Waals surface area contributed by atoms with Gasteiger partial charge in [-0.05, 0) is 102 Å². The maximum absolute atomic E-state index is 14.4. The number of carboxylic acid groups (broad SMARTS) is 9. The summed E-state index contributed by atoms with van der Waals surface area (Å²) < 4.78 is 5.56. The van der Waals surface area contributed by atoms with Gasteiger partial charge in [0.05, 0.1) is 19.2 Å². The number of carboxylic acids is 9. The summed E-state index contributed by atoms with van der Waals surface area (Å²) in [6.07, 6.45) is -15.5. The zero-order chi connectivity index (χ0) is 92.2. The Bertz CT molecular complexity index is 3970. The molecule has 1 aliphatic rings. The van der Waals surface area contributed by atoms with Gasteiger partial charge in [-0.1, -0.05) is 38.1 Å². The van der Waals surface area contributed by atoms with Crippen LogP contribution < -0.4 is 69.5 Å². The van der Waals surface area contributed by atoms with Crippen LogP contribution in [0, 0.1) is 5.92 Å². The van der Waals surface area contributed by atoms with Crippen molar-refractivity contribution >= 4 is 142 Å². The first kappa shape index (κ1) is 105. The summed E-state index contributed by atoms with van der Waals surface area (Å²) in [5.41, 5.74) is 6.28. The van der Waals surface area contributed by atoms with Gasteiger partial charge in [-0.15, -0.1) is 0 Å². The number of Topliss-reactive ketones (excluding diaryl/α,β-unsaturated/α-hetero) is 2. The van der Waals surface area contributed by atoms with Crippen molar-refractivity contribution in [3.8, 4) is 0 Å². The molecule has 48 heteroatoms. The van der Waals surface area contributed by atoms with Crippen LogP contribution >= 0.6 is 0 Å². The van der Waals surface area contributed by atoms with Crippen molar-refractivity contribution in [1.82, 2.24) is 68.7 Å². The highest BCUT2D eigenvalue weighted by molar-refractivity contribution is 6.01. The molecule has 2 rings (SSSR count). The van der Waals surface area contributed by atoms with E-state index in [1.54, 1.807) is 0 Å². The minimum absolute atomic E-state index is 0.0679. The molecule has 1 fully saturated rings. The summed E-state index contributed by atoms with van der Waals surface area (Å²) in [4.78, 5) is 312. The lowest BCUT2D eigenvalue weighted by Gasteiger charge is -2.28. The average molecular weight is 1740 g/mol. The second kappa shape index (κ2) is 54.1. The molecule has 0 unspecified atom stereocenters. The highest BCUT2D eigenvalue weighted by atomic mass is 16.5. The second-order valence-corrected chi connectivity index (χ2v) is 28.7. The van der Waals surface area contributed by atoms with Crippen LogP contribution in [0.3, 0.4) is 0 Å². The number of rotatable bonds is 61. The first-order valence-corrected chi connectivity index (χ1v) is 38.5. The molecule has 0 aromatic heterocycles. The van der Waals surface area contributed by atoms with Gasteiger partial charge in [-0.25, -0.2) is 0 Å². The molecule has 1 heterocycles. The van der Waals surface area contributed by atoms with Crippen LogP contribution in [0.1, 0.15) is 178 Å². The summed E-state index contributed by atoms with van der Waals surface area (Å²) in [6.45, 7) is 4.68. The molecule has 0 bridgehead atoms. The maximum Gasteiger partial charge on any atom is 0.303 e. The Morgan fingerprint density at radius 2 is 0.680 bits per heavy atom. The number of carbonyl (C=O) groups excluding carboxylic acids is 15. The van der Waals surface area contributed by atoms with Gasteiger partial charge in [-0.3, -0.25) is 115 Å². The van der Waals surface area contributed by atoms with Crippen molar-refractivity contribution in [2.24, 2.45) is 11.7 Å². The SMILES string of the molecule is CC(=O)CNC(=O)[C@H](CC(C)C)NC(=O)[C@@H]1CCCN1C(=O)COCCNC(=O)[C@H](Cc1ccc(C(C)=O)cc1)NC(=O)[C@@H](CCC(=O)O)NC(=O)[C@@H](CCC(=O)O)NC(=O)[C@@H](CCC(=O)O)NC(=O)[C@@H](CCC(=O)O)NC(=O)[C@@H](CCC(=O)O)NC(=O)[C@@H](CCC(=O)O)NC(=O)[C@@H](CCC(=O)O)NC(=O)[C@@H](CCC(=O)O)NC(=O)[C@H](N)CCC(=O)O. The third-order valence-corrected chi connectivity index (χ3v) is 18.2. The number of amides is 13. The number of nitrogens with two attached hydrogens (primary N) is 1. The average Bonchev–Trinajstić information content (AvgIpc) is 1.75. The van der Waals surface area contributed by atoms with Gasteiger partial charge >= 0.3 is 53.7 Å². The molecular formula is C74H106N14O34. The van der Waals surface area contributed by atoms with Crippen molar-refractivity contribution in [1.29, 1.82) is 0 Å². The maximum atomic E-state index is 14.4. The Kier molecular flexibility index (Phi) is 46.5. The summed E-state index contributed by atoms with van der Waals surface area (Å²) in [5, 5.41) is 113. The van der Waals surface area contributed by atoms with Gasteiger partial charge in [0.2, 0.25) is 76.8 Å². The largest absolute Gasteiger partial charge is 0.481 e. The third-order valence-electron chi connectivity index (χ3n) is 18.2. The fourth-order valence-electron chi connectivity index (χ4n) is 11.7. The zero-order valence-electron chi connectivity index (χ0n) is 67.2. The first-order valence-electron chi connectivity index (χ1n) is 38.5. The van der Waals surface area contributed by atoms with Gasteiger partial charge in [0.1, 0.15) is 78.9 Å². The molecule has 12 atom stereocenters. The fraction of sp³-hybridized carbons (Fsp3) is 0.595. The summed E-state index contributed by atoms with van der Waals surface area (Å²) in [6, 6.07) is -16.4. The Morgan fingerprint density at radius 3 is 0.975 bits per heavy atom. The zero-order valence-corrected chi connectivity index (χ0v) is 67.2. The predicted octanol–water partition coefficient (Wildman–Crippen LogP) is -5.73. The number of carbonyl (C=O) groups is 24. The van der Waals surface area contributed by atoms with Crippen LogP contribution in [0.5, 0.6) is 0 Å². The molecule has 1 saturated heterocycles. The molecule has 0 aliphatic carbocycles. The molecule has 1 aromatic rings. The summed E-state index contributed by atoms with van der Waals surface area (Å²) in [5.74, 6) is -30.8. The van der Waals surface area contributed by atoms with Crippen LogP contribution in [0.2, 0.25) is 0 Å². The number of ketones is 2. The van der Waals surface area contributed by atoms with E-state index in [1.807, 2.05) is 19.2 Å². The minimum atomic E-state index is -2.21. The van der Waals surface area contributed by atoms with Gasteiger partial charge in [0.25, 0.3) is 0 Å². The van der Waals surface area contributed by atoms with Crippen LogP contribution in [0.25, 0.3) is 0 Å². The Labute approximate surface area is 695 Å². The molecule has 13 amide bonds. The lowest BCUT2D eigenvalue weighted by molar-refractivity contribution is -0.142. The Hall–Kier alpha value is -13.2. The molecule has 48 nitrogen and oxygen atoms in total. The monoisotopic (exact) mass is 1730 g/mol. The minimum Gasteiger partial charge on any atom is -0.481 e. The van der Waals surface area contributed by atoms with Crippen LogP contribution in [-0.2, 0) is 121 Å². The van der Waals surface area contributed by atoms with E-state index in [1.165, 1.54) is 43.0 Å². The predicted molar refractivity (Wildman–Crippen MR) is 411 cm³/mol. The van der Waals surface area contributed by atoms with E-state index in [0.717, 1.165) is 0 Å². The number of hydrogen-bond donors (Lipinski definition) is 22. The summed E-state index contributed by atoms with van der Waals surface area (Å²) >= 11 is 0. The van der Waals surface area contributed by atoms with E-state index in [4.69, 9.17) is 15.6 Å². The third kappa shape index (κ3) is 42.0. The number of nitrogens with one attached hydrogen (secondary N) is 12. The lowest BCUT2D eigenvalue weighted by atomic mass is 10.0. The molecule has 23 N–H and O–H groups in total. The van der Waals surface area contributed by atoms with E-state index >= 15 is 0 Å². The van der Waals surface area contributed by atoms with Crippen molar-refractivity contribution in [2.45, 2.75) is 241 Å². The Balaban J connectivity index is 2.57. The van der Waals surface area contributed by atoms with E-state index < -0.39 is 325 Å². The molecule has 0 saturated carbocycles. The van der Waals surface area contributed by atoms with E-state index in [2.05, 4.69) is 58.5 Å². The molecule has 1 aromatic carbocycles. The number of aliphatic carboxylic acids is 9. The van der Waals surface area contributed by atoms with Crippen molar-refractivity contribution in [3.05, 3.63) is 35.4 Å². The number of nitrogens with zero attached hydrogens (tertiary/aromatic N) is 1. The molecule has 676 valence electrons. The second-order valence-electron chi connectivity index (χ2n) is 28.7.